The molecule has 84 valence electrons. The maximum Gasteiger partial charge on any atom is 0.131 e. The monoisotopic (exact) mass is 220 g/mol. The number of benzene rings is 2. The Morgan fingerprint density at radius 3 is 2.69 bits per heavy atom. The van der Waals surface area contributed by atoms with Crippen molar-refractivity contribution in [1.29, 1.82) is 0 Å². The van der Waals surface area contributed by atoms with Crippen LogP contribution < -0.4 is 0 Å². The number of unbranched alkanes of at least 4 members (excludes halogenated alkanes) is 1. The van der Waals surface area contributed by atoms with Gasteiger partial charge in [0.05, 0.1) is 0 Å². The molecule has 2 heteroatoms. The van der Waals surface area contributed by atoms with Crippen molar-refractivity contribution >= 4 is 10.8 Å². The lowest BCUT2D eigenvalue weighted by Gasteiger charge is -2.07. The molecule has 0 aliphatic rings. The number of hydrogen-bond acceptors (Lipinski definition) is 0. The van der Waals surface area contributed by atoms with Gasteiger partial charge in [-0.25, -0.2) is 8.78 Å². The zero-order valence-electron chi connectivity index (χ0n) is 9.26. The average molecular weight is 220 g/mol. The van der Waals surface area contributed by atoms with Crippen LogP contribution >= 0.6 is 0 Å². The quantitative estimate of drug-likeness (QED) is 0.716. The average Bonchev–Trinajstić information content (AvgIpc) is 2.25. The first-order chi connectivity index (χ1) is 7.72. The van der Waals surface area contributed by atoms with Gasteiger partial charge in [-0.15, -0.1) is 0 Å². The summed E-state index contributed by atoms with van der Waals surface area (Å²) in [6.07, 6.45) is 2.70. The third-order valence-corrected chi connectivity index (χ3v) is 2.77. The van der Waals surface area contributed by atoms with Crippen LogP contribution in [0.1, 0.15) is 25.3 Å². The molecule has 0 aromatic heterocycles. The van der Waals surface area contributed by atoms with E-state index >= 15 is 0 Å². The summed E-state index contributed by atoms with van der Waals surface area (Å²) in [5.41, 5.74) is 0.773. The molecule has 0 nitrogen and oxygen atoms in total. The summed E-state index contributed by atoms with van der Waals surface area (Å²) in [4.78, 5) is 0. The van der Waals surface area contributed by atoms with E-state index in [1.165, 1.54) is 18.2 Å². The predicted molar refractivity (Wildman–Crippen MR) is 62.5 cm³/mol. The molecular formula is C14H14F2. The number of aryl methyl sites for hydroxylation is 1. The number of fused-ring (bicyclic) bond motifs is 1. The van der Waals surface area contributed by atoms with Crippen LogP contribution in [-0.4, -0.2) is 0 Å². The molecule has 0 amide bonds. The highest BCUT2D eigenvalue weighted by atomic mass is 19.1. The minimum atomic E-state index is -0.288. The molecule has 0 atom stereocenters. The van der Waals surface area contributed by atoms with E-state index < -0.39 is 0 Å². The Balaban J connectivity index is 2.60. The van der Waals surface area contributed by atoms with Crippen molar-refractivity contribution < 1.29 is 8.78 Å². The summed E-state index contributed by atoms with van der Waals surface area (Å²) in [7, 11) is 0. The van der Waals surface area contributed by atoms with Gasteiger partial charge in [0.25, 0.3) is 0 Å². The van der Waals surface area contributed by atoms with Crippen LogP contribution in [0.4, 0.5) is 8.78 Å². The number of halogens is 2. The Kier molecular flexibility index (Phi) is 3.18. The lowest BCUT2D eigenvalue weighted by atomic mass is 9.99. The summed E-state index contributed by atoms with van der Waals surface area (Å²) in [5, 5.41) is 1.21. The number of hydrogen-bond donors (Lipinski definition) is 0. The lowest BCUT2D eigenvalue weighted by Crippen LogP contribution is -1.92. The first kappa shape index (κ1) is 11.1. The zero-order valence-corrected chi connectivity index (χ0v) is 9.26. The normalized spacial score (nSPS) is 10.9. The van der Waals surface area contributed by atoms with Gasteiger partial charge in [0, 0.05) is 5.39 Å². The highest BCUT2D eigenvalue weighted by molar-refractivity contribution is 5.86. The fraction of sp³-hybridized carbons (Fsp3) is 0.286. The molecule has 16 heavy (non-hydrogen) atoms. The van der Waals surface area contributed by atoms with Gasteiger partial charge in [-0.1, -0.05) is 25.5 Å². The molecule has 0 radical (unpaired) electrons. The minimum Gasteiger partial charge on any atom is -0.207 e. The molecule has 2 aromatic carbocycles. The van der Waals surface area contributed by atoms with Crippen molar-refractivity contribution in [2.75, 3.05) is 0 Å². The first-order valence-corrected chi connectivity index (χ1v) is 5.59. The summed E-state index contributed by atoms with van der Waals surface area (Å²) >= 11 is 0. The molecule has 0 aliphatic heterocycles. The fourth-order valence-corrected chi connectivity index (χ4v) is 1.99. The SMILES string of the molecule is CCCCc1cc(F)cc2cccc(F)c12. The minimum absolute atomic E-state index is 0.261. The van der Waals surface area contributed by atoms with Crippen molar-refractivity contribution in [2.24, 2.45) is 0 Å². The molecule has 0 saturated heterocycles. The molecule has 0 fully saturated rings. The fourth-order valence-electron chi connectivity index (χ4n) is 1.99. The Morgan fingerprint density at radius 1 is 1.12 bits per heavy atom. The van der Waals surface area contributed by atoms with E-state index in [1.807, 2.05) is 0 Å². The van der Waals surface area contributed by atoms with Crippen LogP contribution in [-0.2, 0) is 6.42 Å². The smallest absolute Gasteiger partial charge is 0.131 e. The molecule has 0 aliphatic carbocycles. The van der Waals surface area contributed by atoms with Crippen LogP contribution in [0.2, 0.25) is 0 Å². The largest absolute Gasteiger partial charge is 0.207 e. The van der Waals surface area contributed by atoms with E-state index in [9.17, 15) is 8.78 Å². The summed E-state index contributed by atoms with van der Waals surface area (Å²) in [6.45, 7) is 2.07. The molecule has 0 bridgehead atoms. The predicted octanol–water partition coefficient (Wildman–Crippen LogP) is 4.46. The van der Waals surface area contributed by atoms with E-state index in [2.05, 4.69) is 6.92 Å². The molecule has 2 rings (SSSR count). The molecule has 2 aromatic rings. The second-order valence-electron chi connectivity index (χ2n) is 4.01. The van der Waals surface area contributed by atoms with Gasteiger partial charge in [0.2, 0.25) is 0 Å². The van der Waals surface area contributed by atoms with Gasteiger partial charge in [-0.05, 0) is 42.0 Å². The van der Waals surface area contributed by atoms with Crippen LogP contribution in [0.15, 0.2) is 30.3 Å². The van der Waals surface area contributed by atoms with Gasteiger partial charge in [0.1, 0.15) is 11.6 Å². The van der Waals surface area contributed by atoms with Crippen molar-refractivity contribution in [3.05, 3.63) is 47.5 Å². The van der Waals surface area contributed by atoms with Crippen LogP contribution in [0.25, 0.3) is 10.8 Å². The van der Waals surface area contributed by atoms with Crippen LogP contribution in [0, 0.1) is 11.6 Å². The maximum absolute atomic E-state index is 13.7. The Hall–Kier alpha value is -1.44. The van der Waals surface area contributed by atoms with Gasteiger partial charge in [-0.2, -0.15) is 0 Å². The zero-order chi connectivity index (χ0) is 11.5. The van der Waals surface area contributed by atoms with Crippen molar-refractivity contribution in [3.63, 3.8) is 0 Å². The van der Waals surface area contributed by atoms with Gasteiger partial charge in [0.15, 0.2) is 0 Å². The van der Waals surface area contributed by atoms with Gasteiger partial charge in [-0.3, -0.25) is 0 Å². The topological polar surface area (TPSA) is 0 Å². The molecule has 0 spiro atoms. The summed E-state index contributed by atoms with van der Waals surface area (Å²) < 4.78 is 27.0. The van der Waals surface area contributed by atoms with Crippen molar-refractivity contribution in [1.82, 2.24) is 0 Å². The Bertz CT molecular complexity index is 503. The third kappa shape index (κ3) is 2.06. The van der Waals surface area contributed by atoms with E-state index in [0.29, 0.717) is 10.8 Å². The van der Waals surface area contributed by atoms with E-state index in [1.54, 1.807) is 12.1 Å². The third-order valence-electron chi connectivity index (χ3n) is 2.77. The van der Waals surface area contributed by atoms with E-state index in [4.69, 9.17) is 0 Å². The first-order valence-electron chi connectivity index (χ1n) is 5.59. The van der Waals surface area contributed by atoms with Gasteiger partial charge >= 0.3 is 0 Å². The van der Waals surface area contributed by atoms with E-state index in [-0.39, 0.29) is 11.6 Å². The Morgan fingerprint density at radius 2 is 1.94 bits per heavy atom. The van der Waals surface area contributed by atoms with Gasteiger partial charge < -0.3 is 0 Å². The second kappa shape index (κ2) is 4.60. The van der Waals surface area contributed by atoms with Crippen LogP contribution in [0.5, 0.6) is 0 Å². The summed E-state index contributed by atoms with van der Waals surface area (Å²) in [6, 6.07) is 7.61. The standard InChI is InChI=1S/C14H14F2/c1-2-3-5-10-8-12(15)9-11-6-4-7-13(16)14(10)11/h4,6-9H,2-3,5H2,1H3. The second-order valence-corrected chi connectivity index (χ2v) is 4.01. The maximum atomic E-state index is 13.7. The molecule has 0 saturated carbocycles. The van der Waals surface area contributed by atoms with Crippen LogP contribution in [0.3, 0.4) is 0 Å². The molecular weight excluding hydrogens is 206 g/mol. The van der Waals surface area contributed by atoms with E-state index in [0.717, 1.165) is 24.8 Å². The highest BCUT2D eigenvalue weighted by Gasteiger charge is 2.08. The molecule has 0 unspecified atom stereocenters. The molecule has 0 N–H and O–H groups in total. The molecule has 0 heterocycles. The highest BCUT2D eigenvalue weighted by Crippen LogP contribution is 2.24. The van der Waals surface area contributed by atoms with Crippen molar-refractivity contribution in [3.8, 4) is 0 Å². The summed E-state index contributed by atoms with van der Waals surface area (Å²) in [5.74, 6) is -0.548. The number of rotatable bonds is 3. The lowest BCUT2D eigenvalue weighted by molar-refractivity contribution is 0.622. The van der Waals surface area contributed by atoms with Crippen molar-refractivity contribution in [2.45, 2.75) is 26.2 Å². The Labute approximate surface area is 93.9 Å².